The van der Waals surface area contributed by atoms with Crippen LogP contribution in [0.25, 0.3) is 11.6 Å². The summed E-state index contributed by atoms with van der Waals surface area (Å²) in [6.45, 7) is 4.71. The van der Waals surface area contributed by atoms with Crippen LogP contribution in [0, 0.1) is 29.2 Å². The monoisotopic (exact) mass is 390 g/mol. The highest BCUT2D eigenvalue weighted by atomic mass is 14.4. The molecule has 3 aromatic rings. The molecule has 1 saturated carbocycles. The second-order valence-electron chi connectivity index (χ2n) is 9.74. The smallest absolute Gasteiger partial charge is 0.00790 e. The molecule has 0 nitrogen and oxygen atoms in total. The van der Waals surface area contributed by atoms with Crippen LogP contribution in [0.15, 0.2) is 60.7 Å². The second kappa shape index (κ2) is 6.98. The third kappa shape index (κ3) is 2.73. The first-order valence-corrected chi connectivity index (χ1v) is 11.7. The number of fused-ring (bicyclic) bond motifs is 4. The van der Waals surface area contributed by atoms with Gasteiger partial charge in [-0.05, 0) is 80.7 Å². The molecule has 3 aliphatic carbocycles. The van der Waals surface area contributed by atoms with Crippen molar-refractivity contribution in [3.8, 4) is 0 Å². The second-order valence-corrected chi connectivity index (χ2v) is 9.74. The van der Waals surface area contributed by atoms with E-state index in [2.05, 4.69) is 80.6 Å². The van der Waals surface area contributed by atoms with E-state index in [1.165, 1.54) is 57.7 Å². The highest BCUT2D eigenvalue weighted by molar-refractivity contribution is 5.69. The third-order valence-electron chi connectivity index (χ3n) is 8.15. The zero-order valence-corrected chi connectivity index (χ0v) is 18.1. The van der Waals surface area contributed by atoms with Gasteiger partial charge in [0.15, 0.2) is 0 Å². The molecule has 3 aromatic carbocycles. The Labute approximate surface area is 179 Å². The van der Waals surface area contributed by atoms with Gasteiger partial charge < -0.3 is 0 Å². The molecule has 3 aliphatic rings. The molecule has 6 rings (SSSR count). The van der Waals surface area contributed by atoms with Gasteiger partial charge in [-0.3, -0.25) is 0 Å². The highest BCUT2D eigenvalue weighted by Crippen LogP contribution is 2.47. The number of hydrogen-bond donors (Lipinski definition) is 0. The minimum Gasteiger partial charge on any atom is -0.0722 e. The van der Waals surface area contributed by atoms with Crippen molar-refractivity contribution in [2.45, 2.75) is 51.9 Å². The molecule has 0 N–H and O–H groups in total. The maximum absolute atomic E-state index is 2.52. The van der Waals surface area contributed by atoms with Gasteiger partial charge in [0.1, 0.15) is 0 Å². The molecule has 2 unspecified atom stereocenters. The topological polar surface area (TPSA) is 0 Å². The van der Waals surface area contributed by atoms with Crippen LogP contribution in [0.2, 0.25) is 0 Å². The summed E-state index contributed by atoms with van der Waals surface area (Å²) in [5.41, 5.74) is 7.60. The van der Waals surface area contributed by atoms with Gasteiger partial charge in [-0.2, -0.15) is 0 Å². The molecule has 30 heavy (non-hydrogen) atoms. The van der Waals surface area contributed by atoms with Crippen LogP contribution < -0.4 is 10.4 Å². The van der Waals surface area contributed by atoms with Gasteiger partial charge in [0, 0.05) is 0 Å². The molecule has 2 atom stereocenters. The average molecular weight is 391 g/mol. The van der Waals surface area contributed by atoms with Gasteiger partial charge in [-0.1, -0.05) is 98.5 Å². The molecule has 0 amide bonds. The Balaban J connectivity index is 1.68. The Morgan fingerprint density at radius 2 is 1.57 bits per heavy atom. The van der Waals surface area contributed by atoms with E-state index in [-0.39, 0.29) is 0 Å². The standard InChI is InChI=1S/C30H30/c1-19-10-12-23(13-11-19)29-18-28(21-7-5-8-21)20(2)30-26-15-14-22-6-3-4-9-24(22)25(26)16-17-27(29)30/h3-4,6,9-14,16-17,20-21,28H,5,7-8,15,18H2,1-2H3. The van der Waals surface area contributed by atoms with E-state index in [1.807, 2.05) is 0 Å². The third-order valence-corrected chi connectivity index (χ3v) is 8.15. The molecule has 0 heterocycles. The number of hydrogen-bond acceptors (Lipinski definition) is 0. The minimum absolute atomic E-state index is 0.646. The first-order valence-electron chi connectivity index (χ1n) is 11.7. The zero-order chi connectivity index (χ0) is 20.2. The first-order chi connectivity index (χ1) is 14.7. The van der Waals surface area contributed by atoms with E-state index in [4.69, 9.17) is 0 Å². The summed E-state index contributed by atoms with van der Waals surface area (Å²) in [6, 6.07) is 23.0. The van der Waals surface area contributed by atoms with Gasteiger partial charge in [0.2, 0.25) is 0 Å². The first kappa shape index (κ1) is 18.2. The summed E-state index contributed by atoms with van der Waals surface area (Å²) >= 11 is 0. The van der Waals surface area contributed by atoms with E-state index in [0.717, 1.165) is 18.3 Å². The summed E-state index contributed by atoms with van der Waals surface area (Å²) in [4.78, 5) is 0. The molecular weight excluding hydrogens is 360 g/mol. The predicted molar refractivity (Wildman–Crippen MR) is 126 cm³/mol. The molecule has 0 aliphatic heterocycles. The van der Waals surface area contributed by atoms with Crippen molar-refractivity contribution < 1.29 is 0 Å². The van der Waals surface area contributed by atoms with E-state index in [1.54, 1.807) is 16.7 Å². The van der Waals surface area contributed by atoms with Gasteiger partial charge in [-0.25, -0.2) is 0 Å². The fourth-order valence-corrected chi connectivity index (χ4v) is 6.26. The molecule has 0 spiro atoms. The number of benzene rings is 3. The van der Waals surface area contributed by atoms with Crippen molar-refractivity contribution in [3.63, 3.8) is 0 Å². The van der Waals surface area contributed by atoms with Crippen LogP contribution >= 0.6 is 0 Å². The van der Waals surface area contributed by atoms with Crippen molar-refractivity contribution >= 4 is 11.6 Å². The molecule has 0 aromatic heterocycles. The molecule has 0 heteroatoms. The van der Waals surface area contributed by atoms with Crippen LogP contribution in [-0.2, 0) is 6.42 Å². The predicted octanol–water partition coefficient (Wildman–Crippen LogP) is 5.74. The number of rotatable bonds is 2. The Hall–Kier alpha value is -2.60. The van der Waals surface area contributed by atoms with Crippen LogP contribution in [0.5, 0.6) is 0 Å². The quantitative estimate of drug-likeness (QED) is 0.523. The van der Waals surface area contributed by atoms with Crippen LogP contribution in [0.4, 0.5) is 0 Å². The lowest BCUT2D eigenvalue weighted by molar-refractivity contribution is 0.182. The minimum atomic E-state index is 0.646. The van der Waals surface area contributed by atoms with Crippen LogP contribution in [0.1, 0.15) is 60.8 Å². The molecule has 0 radical (unpaired) electrons. The SMILES string of the molecule is Cc1ccc(C2=c3ccc4c(c3C(C)C(C3CCC3)C2)CC=c2ccccc2=4)cc1. The van der Waals surface area contributed by atoms with Gasteiger partial charge in [0.05, 0.1) is 0 Å². The molecule has 0 saturated heterocycles. The van der Waals surface area contributed by atoms with Crippen molar-refractivity contribution in [2.24, 2.45) is 11.8 Å². The van der Waals surface area contributed by atoms with E-state index >= 15 is 0 Å². The molecule has 150 valence electrons. The highest BCUT2D eigenvalue weighted by Gasteiger charge is 2.36. The molecule has 0 bridgehead atoms. The van der Waals surface area contributed by atoms with Crippen molar-refractivity contribution in [2.75, 3.05) is 0 Å². The lowest BCUT2D eigenvalue weighted by Gasteiger charge is -2.42. The van der Waals surface area contributed by atoms with Crippen molar-refractivity contribution in [1.29, 1.82) is 0 Å². The maximum Gasteiger partial charge on any atom is -0.00790 e. The Bertz CT molecular complexity index is 1340. The largest absolute Gasteiger partial charge is 0.0722 e. The van der Waals surface area contributed by atoms with Crippen LogP contribution in [0.3, 0.4) is 0 Å². The van der Waals surface area contributed by atoms with Gasteiger partial charge in [0.25, 0.3) is 0 Å². The summed E-state index contributed by atoms with van der Waals surface area (Å²) in [5, 5.41) is 5.80. The van der Waals surface area contributed by atoms with Gasteiger partial charge >= 0.3 is 0 Å². The fourth-order valence-electron chi connectivity index (χ4n) is 6.26. The van der Waals surface area contributed by atoms with Crippen LogP contribution in [-0.4, -0.2) is 0 Å². The lowest BCUT2D eigenvalue weighted by Crippen LogP contribution is -2.35. The summed E-state index contributed by atoms with van der Waals surface area (Å²) in [5.74, 6) is 2.34. The Morgan fingerprint density at radius 1 is 0.800 bits per heavy atom. The van der Waals surface area contributed by atoms with Crippen molar-refractivity contribution in [1.82, 2.24) is 0 Å². The van der Waals surface area contributed by atoms with E-state index in [9.17, 15) is 0 Å². The maximum atomic E-state index is 2.52. The fraction of sp³-hybridized carbons (Fsp3) is 0.333. The summed E-state index contributed by atoms with van der Waals surface area (Å²) in [6.07, 6.45) is 9.03. The summed E-state index contributed by atoms with van der Waals surface area (Å²) in [7, 11) is 0. The molecule has 1 fully saturated rings. The van der Waals surface area contributed by atoms with Gasteiger partial charge in [-0.15, -0.1) is 0 Å². The van der Waals surface area contributed by atoms with E-state index < -0.39 is 0 Å². The zero-order valence-electron chi connectivity index (χ0n) is 18.1. The normalized spacial score (nSPS) is 22.4. The molecular formula is C30H30. The number of aryl methyl sites for hydroxylation is 1. The average Bonchev–Trinajstić information content (AvgIpc) is 2.74. The summed E-state index contributed by atoms with van der Waals surface area (Å²) < 4.78 is 0. The van der Waals surface area contributed by atoms with Crippen molar-refractivity contribution in [3.05, 3.63) is 104 Å². The lowest BCUT2D eigenvalue weighted by atomic mass is 9.63. The Kier molecular flexibility index (Phi) is 4.23. The Morgan fingerprint density at radius 3 is 2.33 bits per heavy atom. The van der Waals surface area contributed by atoms with E-state index in [0.29, 0.717) is 5.92 Å².